The van der Waals surface area contributed by atoms with Crippen molar-refractivity contribution in [2.45, 2.75) is 63.2 Å². The molecule has 0 aromatic carbocycles. The van der Waals surface area contributed by atoms with Crippen molar-refractivity contribution in [3.8, 4) is 0 Å². The molecule has 0 heterocycles. The van der Waals surface area contributed by atoms with Gasteiger partial charge in [0.05, 0.1) is 6.42 Å². The molecule has 0 spiro atoms. The fourth-order valence-corrected chi connectivity index (χ4v) is 1.42. The maximum Gasteiger partial charge on any atom is 0.287 e. The van der Waals surface area contributed by atoms with Gasteiger partial charge in [-0.15, -0.1) is 0 Å². The molecule has 0 aliphatic heterocycles. The van der Waals surface area contributed by atoms with Crippen molar-refractivity contribution < 1.29 is 35.8 Å². The van der Waals surface area contributed by atoms with Gasteiger partial charge >= 0.3 is 0 Å². The number of halogens is 7. The average molecular weight is 284 g/mol. The number of hydrogen-bond acceptors (Lipinski definition) is 1. The van der Waals surface area contributed by atoms with E-state index in [2.05, 4.69) is 0 Å². The van der Waals surface area contributed by atoms with Crippen LogP contribution in [0.4, 0.5) is 30.7 Å². The van der Waals surface area contributed by atoms with Crippen LogP contribution < -0.4 is 0 Å². The lowest BCUT2D eigenvalue weighted by Gasteiger charge is -2.37. The van der Waals surface area contributed by atoms with Crippen LogP contribution in [0, 0.1) is 0 Å². The van der Waals surface area contributed by atoms with Gasteiger partial charge in [0.15, 0.2) is 5.60 Å². The van der Waals surface area contributed by atoms with Crippen molar-refractivity contribution in [1.29, 1.82) is 0 Å². The molecule has 0 bridgehead atoms. The normalized spacial score (nSPS) is 18.8. The van der Waals surface area contributed by atoms with Gasteiger partial charge in [0, 0.05) is 6.42 Å². The van der Waals surface area contributed by atoms with Crippen LogP contribution >= 0.6 is 0 Å². The second kappa shape index (κ2) is 5.63. The summed E-state index contributed by atoms with van der Waals surface area (Å²) in [6, 6.07) is 0. The van der Waals surface area contributed by atoms with Crippen LogP contribution in [-0.2, 0) is 0 Å². The Morgan fingerprint density at radius 3 is 1.78 bits per heavy atom. The molecule has 0 saturated heterocycles. The first-order valence-corrected chi connectivity index (χ1v) is 5.26. The highest BCUT2D eigenvalue weighted by Gasteiger charge is 2.62. The summed E-state index contributed by atoms with van der Waals surface area (Å²) in [5, 5.41) is 9.21. The van der Waals surface area contributed by atoms with E-state index in [1.807, 2.05) is 0 Å². The summed E-state index contributed by atoms with van der Waals surface area (Å²) in [6.45, 7) is 1.31. The van der Waals surface area contributed by atoms with E-state index in [0.717, 1.165) is 0 Å². The van der Waals surface area contributed by atoms with Gasteiger partial charge in [0.2, 0.25) is 0 Å². The quantitative estimate of drug-likeness (QED) is 0.705. The third-order valence-electron chi connectivity index (χ3n) is 2.50. The second-order valence-electron chi connectivity index (χ2n) is 4.39. The zero-order valence-electron chi connectivity index (χ0n) is 9.87. The molecular formula is C10H15F7O. The van der Waals surface area contributed by atoms with E-state index < -0.39 is 42.9 Å². The van der Waals surface area contributed by atoms with Crippen LogP contribution in [0.1, 0.15) is 33.1 Å². The predicted octanol–water partition coefficient (Wildman–Crippen LogP) is 3.80. The summed E-state index contributed by atoms with van der Waals surface area (Å²) in [5.74, 6) is -8.75. The van der Waals surface area contributed by atoms with E-state index in [1.54, 1.807) is 0 Å². The van der Waals surface area contributed by atoms with Crippen molar-refractivity contribution in [3.63, 3.8) is 0 Å². The number of aliphatic hydroxyl groups is 1. The molecule has 0 saturated carbocycles. The Morgan fingerprint density at radius 2 is 1.50 bits per heavy atom. The number of alkyl halides is 7. The van der Waals surface area contributed by atoms with Gasteiger partial charge in [-0.2, -0.15) is 0 Å². The standard InChI is InChI=1S/C10H15F7O/c1-3-6(11)4-9(18,7(12)13)10(16,17)5-8(2,14)15/h6-7,18H,3-5H2,1-2H3. The summed E-state index contributed by atoms with van der Waals surface area (Å²) >= 11 is 0. The van der Waals surface area contributed by atoms with Crippen LogP contribution in [0.5, 0.6) is 0 Å². The molecule has 8 heteroatoms. The minimum Gasteiger partial charge on any atom is -0.378 e. The Bertz CT molecular complexity index is 263. The SMILES string of the molecule is CCC(F)CC(O)(C(F)F)C(F)(F)CC(C)(F)F. The number of rotatable bonds is 7. The summed E-state index contributed by atoms with van der Waals surface area (Å²) < 4.78 is 89.6. The maximum absolute atomic E-state index is 13.3. The minimum atomic E-state index is -4.79. The molecule has 0 aliphatic carbocycles. The zero-order chi connectivity index (χ0) is 14.8. The first-order chi connectivity index (χ1) is 7.85. The lowest BCUT2D eigenvalue weighted by Crippen LogP contribution is -2.56. The highest BCUT2D eigenvalue weighted by Crippen LogP contribution is 2.44. The molecule has 1 nitrogen and oxygen atoms in total. The van der Waals surface area contributed by atoms with Crippen LogP contribution in [-0.4, -0.2) is 35.1 Å². The van der Waals surface area contributed by atoms with Gasteiger partial charge < -0.3 is 5.11 Å². The van der Waals surface area contributed by atoms with Gasteiger partial charge in [-0.25, -0.2) is 30.7 Å². The molecule has 0 radical (unpaired) electrons. The highest BCUT2D eigenvalue weighted by atomic mass is 19.3. The Morgan fingerprint density at radius 1 is 1.06 bits per heavy atom. The molecule has 0 aromatic heterocycles. The summed E-state index contributed by atoms with van der Waals surface area (Å²) in [5.41, 5.74) is -4.10. The van der Waals surface area contributed by atoms with Crippen molar-refractivity contribution in [1.82, 2.24) is 0 Å². The molecule has 18 heavy (non-hydrogen) atoms. The van der Waals surface area contributed by atoms with Gasteiger partial charge in [0.1, 0.15) is 6.17 Å². The Kier molecular flexibility index (Phi) is 5.46. The van der Waals surface area contributed by atoms with E-state index in [4.69, 9.17) is 0 Å². The summed E-state index contributed by atoms with van der Waals surface area (Å²) in [6.07, 6.45) is -10.4. The topological polar surface area (TPSA) is 20.2 Å². The van der Waals surface area contributed by atoms with E-state index >= 15 is 0 Å². The molecule has 2 unspecified atom stereocenters. The minimum absolute atomic E-state index is 0.111. The smallest absolute Gasteiger partial charge is 0.287 e. The van der Waals surface area contributed by atoms with Crippen molar-refractivity contribution in [2.24, 2.45) is 0 Å². The molecule has 110 valence electrons. The molecule has 0 aliphatic rings. The Labute approximate surface area is 100.0 Å². The molecule has 1 N–H and O–H groups in total. The van der Waals surface area contributed by atoms with Crippen molar-refractivity contribution >= 4 is 0 Å². The largest absolute Gasteiger partial charge is 0.378 e. The first kappa shape index (κ1) is 17.5. The van der Waals surface area contributed by atoms with Gasteiger partial charge in [-0.3, -0.25) is 0 Å². The van der Waals surface area contributed by atoms with Crippen LogP contribution in [0.15, 0.2) is 0 Å². The second-order valence-corrected chi connectivity index (χ2v) is 4.39. The molecule has 0 rings (SSSR count). The lowest BCUT2D eigenvalue weighted by atomic mass is 9.86. The van der Waals surface area contributed by atoms with Crippen LogP contribution in [0.2, 0.25) is 0 Å². The highest BCUT2D eigenvalue weighted by molar-refractivity contribution is 4.98. The van der Waals surface area contributed by atoms with Gasteiger partial charge in [-0.05, 0) is 13.3 Å². The average Bonchev–Trinajstić information content (AvgIpc) is 2.12. The molecule has 0 aromatic rings. The van der Waals surface area contributed by atoms with Gasteiger partial charge in [0.25, 0.3) is 18.3 Å². The Hall–Kier alpha value is -0.530. The van der Waals surface area contributed by atoms with Crippen LogP contribution in [0.25, 0.3) is 0 Å². The summed E-state index contributed by atoms with van der Waals surface area (Å²) in [7, 11) is 0. The van der Waals surface area contributed by atoms with E-state index in [9.17, 15) is 35.8 Å². The van der Waals surface area contributed by atoms with E-state index in [0.29, 0.717) is 0 Å². The summed E-state index contributed by atoms with van der Waals surface area (Å²) in [4.78, 5) is 0. The molecule has 2 atom stereocenters. The molecular weight excluding hydrogens is 269 g/mol. The third-order valence-corrected chi connectivity index (χ3v) is 2.50. The van der Waals surface area contributed by atoms with E-state index in [-0.39, 0.29) is 13.3 Å². The molecule has 0 amide bonds. The first-order valence-electron chi connectivity index (χ1n) is 5.26. The maximum atomic E-state index is 13.3. The predicted molar refractivity (Wildman–Crippen MR) is 50.9 cm³/mol. The fourth-order valence-electron chi connectivity index (χ4n) is 1.42. The fraction of sp³-hybridized carbons (Fsp3) is 1.00. The monoisotopic (exact) mass is 284 g/mol. The van der Waals surface area contributed by atoms with Crippen LogP contribution in [0.3, 0.4) is 0 Å². The van der Waals surface area contributed by atoms with Gasteiger partial charge in [-0.1, -0.05) is 6.92 Å². The third kappa shape index (κ3) is 4.29. The van der Waals surface area contributed by atoms with E-state index in [1.165, 1.54) is 6.92 Å². The molecule has 0 fully saturated rings. The van der Waals surface area contributed by atoms with Crippen molar-refractivity contribution in [3.05, 3.63) is 0 Å². The Balaban J connectivity index is 5.19. The zero-order valence-corrected chi connectivity index (χ0v) is 9.87. The lowest BCUT2D eigenvalue weighted by molar-refractivity contribution is -0.264. The van der Waals surface area contributed by atoms with Crippen molar-refractivity contribution in [2.75, 3.05) is 0 Å². The number of hydrogen-bond donors (Lipinski definition) is 1.